The molecule has 0 unspecified atom stereocenters. The van der Waals surface area contributed by atoms with Gasteiger partial charge in [0.25, 0.3) is 0 Å². The highest BCUT2D eigenvalue weighted by atomic mass is 32.2. The van der Waals surface area contributed by atoms with E-state index in [1.165, 1.54) is 22.9 Å². The van der Waals surface area contributed by atoms with E-state index < -0.39 is 0 Å². The SMILES string of the molecule is CSC1CCN(c2ncc(CNC(C)C)s2)CC1. The molecule has 0 amide bonds. The van der Waals surface area contributed by atoms with Crippen LogP contribution in [-0.2, 0) is 6.54 Å². The van der Waals surface area contributed by atoms with E-state index in [2.05, 4.69) is 35.3 Å². The summed E-state index contributed by atoms with van der Waals surface area (Å²) in [5.74, 6) is 0. The summed E-state index contributed by atoms with van der Waals surface area (Å²) < 4.78 is 0. The van der Waals surface area contributed by atoms with E-state index in [4.69, 9.17) is 0 Å². The molecule has 5 heteroatoms. The number of nitrogens with one attached hydrogen (secondary N) is 1. The van der Waals surface area contributed by atoms with Crippen molar-refractivity contribution in [3.63, 3.8) is 0 Å². The number of nitrogens with zero attached hydrogens (tertiary/aromatic N) is 2. The molecule has 18 heavy (non-hydrogen) atoms. The number of thiazole rings is 1. The minimum absolute atomic E-state index is 0.535. The van der Waals surface area contributed by atoms with Crippen LogP contribution < -0.4 is 10.2 Å². The number of anilines is 1. The maximum Gasteiger partial charge on any atom is 0.185 e. The van der Waals surface area contributed by atoms with Gasteiger partial charge in [0, 0.05) is 42.0 Å². The molecule has 0 aromatic carbocycles. The molecule has 1 fully saturated rings. The second kappa shape index (κ2) is 6.78. The smallest absolute Gasteiger partial charge is 0.185 e. The van der Waals surface area contributed by atoms with Gasteiger partial charge in [-0.05, 0) is 19.1 Å². The number of rotatable bonds is 5. The molecule has 1 aliphatic heterocycles. The summed E-state index contributed by atoms with van der Waals surface area (Å²) >= 11 is 3.84. The fourth-order valence-electron chi connectivity index (χ4n) is 2.11. The Morgan fingerprint density at radius 2 is 2.22 bits per heavy atom. The molecule has 102 valence electrons. The predicted molar refractivity (Wildman–Crippen MR) is 82.8 cm³/mol. The molecular weight excluding hydrogens is 262 g/mol. The summed E-state index contributed by atoms with van der Waals surface area (Å²) in [7, 11) is 0. The normalized spacial score (nSPS) is 17.7. The maximum atomic E-state index is 4.57. The molecule has 0 spiro atoms. The lowest BCUT2D eigenvalue weighted by Gasteiger charge is -2.30. The van der Waals surface area contributed by atoms with Crippen molar-refractivity contribution in [3.8, 4) is 0 Å². The monoisotopic (exact) mass is 285 g/mol. The zero-order chi connectivity index (χ0) is 13.0. The lowest BCUT2D eigenvalue weighted by molar-refractivity contribution is 0.590. The molecule has 0 aliphatic carbocycles. The molecule has 2 heterocycles. The van der Waals surface area contributed by atoms with Crippen LogP contribution in [0.3, 0.4) is 0 Å². The molecule has 1 aromatic heterocycles. The molecule has 1 aromatic rings. The summed E-state index contributed by atoms with van der Waals surface area (Å²) in [6.45, 7) is 7.62. The van der Waals surface area contributed by atoms with Gasteiger partial charge < -0.3 is 10.2 Å². The van der Waals surface area contributed by atoms with E-state index in [0.29, 0.717) is 6.04 Å². The van der Waals surface area contributed by atoms with Crippen molar-refractivity contribution in [3.05, 3.63) is 11.1 Å². The van der Waals surface area contributed by atoms with Gasteiger partial charge in [-0.3, -0.25) is 0 Å². The highest BCUT2D eigenvalue weighted by Gasteiger charge is 2.20. The molecule has 1 aliphatic rings. The van der Waals surface area contributed by atoms with E-state index >= 15 is 0 Å². The van der Waals surface area contributed by atoms with Crippen molar-refractivity contribution in [2.75, 3.05) is 24.2 Å². The van der Waals surface area contributed by atoms with Gasteiger partial charge in [0.2, 0.25) is 0 Å². The van der Waals surface area contributed by atoms with Crippen LogP contribution >= 0.6 is 23.1 Å². The average molecular weight is 285 g/mol. The van der Waals surface area contributed by atoms with Crippen molar-refractivity contribution in [1.29, 1.82) is 0 Å². The molecular formula is C13H23N3S2. The number of hydrogen-bond donors (Lipinski definition) is 1. The van der Waals surface area contributed by atoms with Crippen LogP contribution in [0.25, 0.3) is 0 Å². The summed E-state index contributed by atoms with van der Waals surface area (Å²) in [6, 6.07) is 0.535. The van der Waals surface area contributed by atoms with Gasteiger partial charge >= 0.3 is 0 Å². The van der Waals surface area contributed by atoms with Gasteiger partial charge in [0.05, 0.1) is 0 Å². The Hall–Kier alpha value is -0.260. The maximum absolute atomic E-state index is 4.57. The van der Waals surface area contributed by atoms with E-state index in [1.807, 2.05) is 29.3 Å². The lowest BCUT2D eigenvalue weighted by atomic mass is 10.1. The molecule has 1 N–H and O–H groups in total. The van der Waals surface area contributed by atoms with Crippen molar-refractivity contribution in [2.24, 2.45) is 0 Å². The summed E-state index contributed by atoms with van der Waals surface area (Å²) in [5, 5.41) is 5.50. The summed E-state index contributed by atoms with van der Waals surface area (Å²) in [4.78, 5) is 8.35. The van der Waals surface area contributed by atoms with Gasteiger partial charge in [0.15, 0.2) is 5.13 Å². The Bertz CT molecular complexity index is 357. The molecule has 0 saturated carbocycles. The minimum Gasteiger partial charge on any atom is -0.348 e. The first-order chi connectivity index (χ1) is 8.69. The number of thioether (sulfide) groups is 1. The third-order valence-corrected chi connectivity index (χ3v) is 5.47. The largest absolute Gasteiger partial charge is 0.348 e. The average Bonchev–Trinajstić information content (AvgIpc) is 2.85. The molecule has 0 bridgehead atoms. The fourth-order valence-corrected chi connectivity index (χ4v) is 3.71. The Labute approximate surface area is 118 Å². The van der Waals surface area contributed by atoms with Gasteiger partial charge in [-0.2, -0.15) is 11.8 Å². The van der Waals surface area contributed by atoms with Crippen LogP contribution in [0.2, 0.25) is 0 Å². The highest BCUT2D eigenvalue weighted by molar-refractivity contribution is 7.99. The van der Waals surface area contributed by atoms with Gasteiger partial charge in [0.1, 0.15) is 0 Å². The topological polar surface area (TPSA) is 28.2 Å². The zero-order valence-corrected chi connectivity index (χ0v) is 13.1. The molecule has 0 radical (unpaired) electrons. The van der Waals surface area contributed by atoms with Gasteiger partial charge in [-0.15, -0.1) is 11.3 Å². The van der Waals surface area contributed by atoms with Crippen molar-refractivity contribution >= 4 is 28.2 Å². The second-order valence-electron chi connectivity index (χ2n) is 5.07. The molecule has 2 rings (SSSR count). The molecule has 3 nitrogen and oxygen atoms in total. The van der Waals surface area contributed by atoms with Crippen molar-refractivity contribution < 1.29 is 0 Å². The number of hydrogen-bond acceptors (Lipinski definition) is 5. The van der Waals surface area contributed by atoms with Gasteiger partial charge in [-0.1, -0.05) is 13.8 Å². The second-order valence-corrected chi connectivity index (χ2v) is 7.30. The van der Waals surface area contributed by atoms with E-state index in [1.54, 1.807) is 0 Å². The zero-order valence-electron chi connectivity index (χ0n) is 11.5. The van der Waals surface area contributed by atoms with Crippen molar-refractivity contribution in [1.82, 2.24) is 10.3 Å². The van der Waals surface area contributed by atoms with Crippen LogP contribution in [-0.4, -0.2) is 35.6 Å². The van der Waals surface area contributed by atoms with Crippen molar-refractivity contribution in [2.45, 2.75) is 44.5 Å². The Balaban J connectivity index is 1.86. The van der Waals surface area contributed by atoms with E-state index in [9.17, 15) is 0 Å². The van der Waals surface area contributed by atoms with Gasteiger partial charge in [-0.25, -0.2) is 4.98 Å². The predicted octanol–water partition coefficient (Wildman–Crippen LogP) is 2.97. The molecule has 0 atom stereocenters. The number of piperidine rings is 1. The first-order valence-corrected chi connectivity index (χ1v) is 8.75. The first-order valence-electron chi connectivity index (χ1n) is 6.65. The highest BCUT2D eigenvalue weighted by Crippen LogP contribution is 2.28. The Morgan fingerprint density at radius 1 is 1.50 bits per heavy atom. The Morgan fingerprint density at radius 3 is 2.83 bits per heavy atom. The summed E-state index contributed by atoms with van der Waals surface area (Å²) in [6.07, 6.45) is 6.83. The third-order valence-electron chi connectivity index (χ3n) is 3.27. The standard InChI is InChI=1S/C13H23N3S2/c1-10(2)14-8-12-9-15-13(18-12)16-6-4-11(17-3)5-7-16/h9-11,14H,4-8H2,1-3H3. The third kappa shape index (κ3) is 3.87. The van der Waals surface area contributed by atoms with Crippen LogP contribution in [0.1, 0.15) is 31.6 Å². The molecule has 1 saturated heterocycles. The first kappa shape index (κ1) is 14.2. The van der Waals surface area contributed by atoms with Crippen LogP contribution in [0, 0.1) is 0 Å². The number of aromatic nitrogens is 1. The van der Waals surface area contributed by atoms with Crippen LogP contribution in [0.15, 0.2) is 6.20 Å². The Kier molecular flexibility index (Phi) is 5.33. The van der Waals surface area contributed by atoms with Crippen LogP contribution in [0.4, 0.5) is 5.13 Å². The minimum atomic E-state index is 0.535. The fraction of sp³-hybridized carbons (Fsp3) is 0.769. The van der Waals surface area contributed by atoms with E-state index in [0.717, 1.165) is 24.9 Å². The lowest BCUT2D eigenvalue weighted by Crippen LogP contribution is -2.34. The quantitative estimate of drug-likeness (QED) is 0.900. The van der Waals surface area contributed by atoms with Crippen LogP contribution in [0.5, 0.6) is 0 Å². The summed E-state index contributed by atoms with van der Waals surface area (Å²) in [5.41, 5.74) is 0. The van der Waals surface area contributed by atoms with E-state index in [-0.39, 0.29) is 0 Å².